The molecule has 5 heteroatoms. The Kier molecular flexibility index (Phi) is 2.26. The monoisotopic (exact) mass is 243 g/mol. The van der Waals surface area contributed by atoms with Gasteiger partial charge in [-0.2, -0.15) is 0 Å². The predicted octanol–water partition coefficient (Wildman–Crippen LogP) is 2.66. The SMILES string of the molecule is CC(=O)c1cnc(-c2cn3ccccc3n2)s1. The van der Waals surface area contributed by atoms with Gasteiger partial charge in [0.15, 0.2) is 5.78 Å². The number of fused-ring (bicyclic) bond motifs is 1. The van der Waals surface area contributed by atoms with Gasteiger partial charge in [-0.15, -0.1) is 11.3 Å². The molecular formula is C12H9N3OS. The van der Waals surface area contributed by atoms with Crippen molar-refractivity contribution in [2.75, 3.05) is 0 Å². The minimum Gasteiger partial charge on any atom is -0.306 e. The minimum absolute atomic E-state index is 0.0394. The van der Waals surface area contributed by atoms with Crippen molar-refractivity contribution in [1.29, 1.82) is 0 Å². The van der Waals surface area contributed by atoms with Crippen molar-refractivity contribution in [1.82, 2.24) is 14.4 Å². The highest BCUT2D eigenvalue weighted by Crippen LogP contribution is 2.24. The van der Waals surface area contributed by atoms with Gasteiger partial charge in [0.2, 0.25) is 0 Å². The molecular weight excluding hydrogens is 234 g/mol. The van der Waals surface area contributed by atoms with Gasteiger partial charge in [-0.1, -0.05) is 6.07 Å². The van der Waals surface area contributed by atoms with Crippen LogP contribution in [-0.4, -0.2) is 20.2 Å². The second-order valence-corrected chi connectivity index (χ2v) is 4.71. The average Bonchev–Trinajstić information content (AvgIpc) is 2.95. The van der Waals surface area contributed by atoms with Gasteiger partial charge in [-0.3, -0.25) is 4.79 Å². The van der Waals surface area contributed by atoms with E-state index in [0.29, 0.717) is 4.88 Å². The van der Waals surface area contributed by atoms with Crippen LogP contribution in [0.4, 0.5) is 0 Å². The van der Waals surface area contributed by atoms with Crippen LogP contribution in [0.3, 0.4) is 0 Å². The molecule has 17 heavy (non-hydrogen) atoms. The highest BCUT2D eigenvalue weighted by atomic mass is 32.1. The summed E-state index contributed by atoms with van der Waals surface area (Å²) in [4.78, 5) is 20.6. The Balaban J connectivity index is 2.10. The zero-order chi connectivity index (χ0) is 11.8. The van der Waals surface area contributed by atoms with Gasteiger partial charge in [0.1, 0.15) is 16.3 Å². The maximum absolute atomic E-state index is 11.2. The third-order valence-corrected chi connectivity index (χ3v) is 3.56. The van der Waals surface area contributed by atoms with E-state index in [1.54, 1.807) is 13.1 Å². The number of carbonyl (C=O) groups is 1. The van der Waals surface area contributed by atoms with E-state index in [0.717, 1.165) is 16.3 Å². The van der Waals surface area contributed by atoms with E-state index < -0.39 is 0 Å². The van der Waals surface area contributed by atoms with Gasteiger partial charge in [-0.05, 0) is 12.1 Å². The first-order valence-corrected chi connectivity index (χ1v) is 5.96. The van der Waals surface area contributed by atoms with E-state index in [2.05, 4.69) is 9.97 Å². The summed E-state index contributed by atoms with van der Waals surface area (Å²) in [6, 6.07) is 5.82. The first kappa shape index (κ1) is 10.2. The topological polar surface area (TPSA) is 47.3 Å². The van der Waals surface area contributed by atoms with Gasteiger partial charge in [0.05, 0.1) is 4.88 Å². The number of rotatable bonds is 2. The second-order valence-electron chi connectivity index (χ2n) is 3.68. The van der Waals surface area contributed by atoms with Crippen molar-refractivity contribution in [3.8, 4) is 10.7 Å². The molecule has 0 amide bonds. The van der Waals surface area contributed by atoms with Gasteiger partial charge >= 0.3 is 0 Å². The maximum Gasteiger partial charge on any atom is 0.171 e. The van der Waals surface area contributed by atoms with E-state index in [-0.39, 0.29) is 5.78 Å². The van der Waals surface area contributed by atoms with Crippen LogP contribution in [0.25, 0.3) is 16.3 Å². The Hall–Kier alpha value is -2.01. The highest BCUT2D eigenvalue weighted by Gasteiger charge is 2.10. The van der Waals surface area contributed by atoms with Crippen LogP contribution in [0.15, 0.2) is 36.8 Å². The third kappa shape index (κ3) is 1.74. The molecule has 0 aliphatic carbocycles. The fraction of sp³-hybridized carbons (Fsp3) is 0.0833. The number of nitrogens with zero attached hydrogens (tertiary/aromatic N) is 3. The number of ketones is 1. The molecule has 0 aliphatic heterocycles. The zero-order valence-electron chi connectivity index (χ0n) is 9.12. The molecule has 84 valence electrons. The van der Waals surface area contributed by atoms with E-state index in [1.807, 2.05) is 35.0 Å². The largest absolute Gasteiger partial charge is 0.306 e. The standard InChI is InChI=1S/C12H9N3OS/c1-8(16)10-6-13-12(17-10)9-7-15-5-3-2-4-11(15)14-9/h2-7H,1H3. The Labute approximate surface area is 102 Å². The Morgan fingerprint density at radius 2 is 2.29 bits per heavy atom. The van der Waals surface area contributed by atoms with Crippen molar-refractivity contribution in [3.05, 3.63) is 41.7 Å². The molecule has 0 spiro atoms. The summed E-state index contributed by atoms with van der Waals surface area (Å²) in [7, 11) is 0. The molecule has 3 heterocycles. The molecule has 0 saturated heterocycles. The number of carbonyl (C=O) groups excluding carboxylic acids is 1. The third-order valence-electron chi connectivity index (χ3n) is 2.44. The number of hydrogen-bond donors (Lipinski definition) is 0. The summed E-state index contributed by atoms with van der Waals surface area (Å²) in [5, 5.41) is 0.777. The zero-order valence-corrected chi connectivity index (χ0v) is 9.94. The van der Waals surface area contributed by atoms with Gasteiger partial charge < -0.3 is 4.40 Å². The van der Waals surface area contributed by atoms with Gasteiger partial charge in [-0.25, -0.2) is 9.97 Å². The van der Waals surface area contributed by atoms with E-state index in [1.165, 1.54) is 11.3 Å². The summed E-state index contributed by atoms with van der Waals surface area (Å²) in [5.41, 5.74) is 1.68. The lowest BCUT2D eigenvalue weighted by Crippen LogP contribution is -1.83. The van der Waals surface area contributed by atoms with E-state index >= 15 is 0 Å². The molecule has 0 saturated carbocycles. The lowest BCUT2D eigenvalue weighted by Gasteiger charge is -1.86. The molecule has 0 radical (unpaired) electrons. The maximum atomic E-state index is 11.2. The first-order valence-electron chi connectivity index (χ1n) is 5.15. The molecule has 0 aliphatic rings. The number of thiazole rings is 1. The molecule has 0 N–H and O–H groups in total. The molecule has 0 bridgehead atoms. The van der Waals surface area contributed by atoms with Crippen LogP contribution in [0.2, 0.25) is 0 Å². The van der Waals surface area contributed by atoms with Crippen LogP contribution < -0.4 is 0 Å². The molecule has 3 aromatic rings. The summed E-state index contributed by atoms with van der Waals surface area (Å²) >= 11 is 1.37. The molecule has 3 rings (SSSR count). The highest BCUT2D eigenvalue weighted by molar-refractivity contribution is 7.16. The van der Waals surface area contributed by atoms with Gasteiger partial charge in [0.25, 0.3) is 0 Å². The number of aromatic nitrogens is 3. The van der Waals surface area contributed by atoms with Crippen LogP contribution in [0, 0.1) is 0 Å². The smallest absolute Gasteiger partial charge is 0.171 e. The molecule has 0 fully saturated rings. The summed E-state index contributed by atoms with van der Waals surface area (Å²) in [5.74, 6) is 0.0394. The summed E-state index contributed by atoms with van der Waals surface area (Å²) < 4.78 is 1.93. The van der Waals surface area contributed by atoms with Crippen molar-refractivity contribution in [2.45, 2.75) is 6.92 Å². The Bertz CT molecular complexity index is 665. The summed E-state index contributed by atoms with van der Waals surface area (Å²) in [6.07, 6.45) is 5.45. The van der Waals surface area contributed by atoms with Gasteiger partial charge in [0, 0.05) is 25.5 Å². The predicted molar refractivity (Wildman–Crippen MR) is 66.3 cm³/mol. The number of Topliss-reactive ketones (excluding diaryl/α,β-unsaturated/α-hetero) is 1. The fourth-order valence-electron chi connectivity index (χ4n) is 1.59. The number of hydrogen-bond acceptors (Lipinski definition) is 4. The molecule has 3 aromatic heterocycles. The van der Waals surface area contributed by atoms with Crippen molar-refractivity contribution >= 4 is 22.8 Å². The summed E-state index contributed by atoms with van der Waals surface area (Å²) in [6.45, 7) is 1.54. The Morgan fingerprint density at radius 3 is 3.00 bits per heavy atom. The second kappa shape index (κ2) is 3.78. The molecule has 0 aromatic carbocycles. The molecule has 0 atom stereocenters. The lowest BCUT2D eigenvalue weighted by atomic mass is 10.4. The van der Waals surface area contributed by atoms with Crippen molar-refractivity contribution in [2.24, 2.45) is 0 Å². The quantitative estimate of drug-likeness (QED) is 0.650. The van der Waals surface area contributed by atoms with Crippen molar-refractivity contribution in [3.63, 3.8) is 0 Å². The fourth-order valence-corrected chi connectivity index (χ4v) is 2.36. The lowest BCUT2D eigenvalue weighted by molar-refractivity contribution is 0.102. The first-order chi connectivity index (χ1) is 8.24. The molecule has 0 unspecified atom stereocenters. The number of imidazole rings is 1. The molecule has 4 nitrogen and oxygen atoms in total. The van der Waals surface area contributed by atoms with Crippen LogP contribution >= 0.6 is 11.3 Å². The average molecular weight is 243 g/mol. The van der Waals surface area contributed by atoms with E-state index in [4.69, 9.17) is 0 Å². The normalized spacial score (nSPS) is 10.9. The van der Waals surface area contributed by atoms with Crippen molar-refractivity contribution < 1.29 is 4.79 Å². The minimum atomic E-state index is 0.0394. The Morgan fingerprint density at radius 1 is 1.41 bits per heavy atom. The number of pyridine rings is 1. The van der Waals surface area contributed by atoms with Crippen LogP contribution in [-0.2, 0) is 0 Å². The van der Waals surface area contributed by atoms with Crippen LogP contribution in [0.1, 0.15) is 16.6 Å². The van der Waals surface area contributed by atoms with Crippen LogP contribution in [0.5, 0.6) is 0 Å². The van der Waals surface area contributed by atoms with E-state index in [9.17, 15) is 4.79 Å².